The molecule has 0 saturated carbocycles. The number of carboxylic acid groups (broad SMARTS) is 2. The third kappa shape index (κ3) is 49.3. The van der Waals surface area contributed by atoms with Gasteiger partial charge in [0, 0.05) is 45.3 Å². The molecule has 17 heteroatoms. The summed E-state index contributed by atoms with van der Waals surface area (Å²) in [6, 6.07) is 0. The average Bonchev–Trinajstić information content (AvgIpc) is 3.27. The van der Waals surface area contributed by atoms with Crippen molar-refractivity contribution in [2.75, 3.05) is 118 Å². The standard InChI is InChI=1S/C47H86BrNO15/c48-41-44(51)20-17-24-57-26-28-59-30-32-61-34-36-63-38-39-64-37-35-62-33-31-60-29-27-58-25-22-45(52)49-23-16-15-18-42(47(55)56)40-43(50)19-13-11-9-7-5-3-1-2-4-6-8-10-12-14-21-46(53)54/h42H,1-41H2,(H,49,52)(H,53,54)(H,55,56). The highest BCUT2D eigenvalue weighted by molar-refractivity contribution is 9.09. The van der Waals surface area contributed by atoms with Gasteiger partial charge >= 0.3 is 11.9 Å². The number of ether oxygens (including phenoxy) is 8. The van der Waals surface area contributed by atoms with E-state index in [1.165, 1.54) is 51.4 Å². The van der Waals surface area contributed by atoms with Gasteiger partial charge in [-0.3, -0.25) is 24.0 Å². The highest BCUT2D eigenvalue weighted by Gasteiger charge is 2.20. The number of hydrogen-bond donors (Lipinski definition) is 3. The Hall–Kier alpha value is -2.09. The Bertz CT molecular complexity index is 1100. The molecule has 0 aliphatic heterocycles. The molecular weight excluding hydrogens is 898 g/mol. The van der Waals surface area contributed by atoms with Crippen LogP contribution in [0.1, 0.15) is 148 Å². The lowest BCUT2D eigenvalue weighted by molar-refractivity contribution is -0.144. The number of halogens is 1. The fourth-order valence-electron chi connectivity index (χ4n) is 6.49. The van der Waals surface area contributed by atoms with Crippen molar-refractivity contribution in [1.82, 2.24) is 5.32 Å². The normalized spacial score (nSPS) is 11.8. The summed E-state index contributed by atoms with van der Waals surface area (Å²) in [6.07, 6.45) is 19.6. The number of aliphatic carboxylic acids is 2. The third-order valence-corrected chi connectivity index (χ3v) is 10.8. The van der Waals surface area contributed by atoms with Crippen LogP contribution in [0.4, 0.5) is 0 Å². The number of carbonyl (C=O) groups excluding carboxylic acids is 3. The van der Waals surface area contributed by atoms with Crippen molar-refractivity contribution in [3.8, 4) is 0 Å². The van der Waals surface area contributed by atoms with E-state index < -0.39 is 17.9 Å². The van der Waals surface area contributed by atoms with Gasteiger partial charge in [0.1, 0.15) is 11.6 Å². The lowest BCUT2D eigenvalue weighted by atomic mass is 9.94. The van der Waals surface area contributed by atoms with Crippen LogP contribution in [-0.2, 0) is 61.9 Å². The first-order valence-electron chi connectivity index (χ1n) is 24.2. The molecule has 0 heterocycles. The van der Waals surface area contributed by atoms with Gasteiger partial charge in [0.2, 0.25) is 5.91 Å². The molecule has 0 radical (unpaired) electrons. The van der Waals surface area contributed by atoms with E-state index in [0.717, 1.165) is 44.9 Å². The van der Waals surface area contributed by atoms with E-state index in [9.17, 15) is 29.1 Å². The predicted octanol–water partition coefficient (Wildman–Crippen LogP) is 7.53. The van der Waals surface area contributed by atoms with Crippen molar-refractivity contribution in [3.05, 3.63) is 0 Å². The maximum Gasteiger partial charge on any atom is 0.306 e. The van der Waals surface area contributed by atoms with Gasteiger partial charge in [-0.1, -0.05) is 99.4 Å². The van der Waals surface area contributed by atoms with Crippen LogP contribution < -0.4 is 5.32 Å². The number of amides is 1. The second kappa shape index (κ2) is 50.3. The fourth-order valence-corrected chi connectivity index (χ4v) is 6.77. The molecule has 0 spiro atoms. The number of rotatable bonds is 54. The maximum absolute atomic E-state index is 12.5. The van der Waals surface area contributed by atoms with Gasteiger partial charge in [0.25, 0.3) is 0 Å². The molecule has 0 aromatic heterocycles. The number of Topliss-reactive ketones (excluding diaryl/α,β-unsaturated/α-hetero) is 2. The Morgan fingerprint density at radius 3 is 1.14 bits per heavy atom. The van der Waals surface area contributed by atoms with Gasteiger partial charge in [-0.2, -0.15) is 0 Å². The van der Waals surface area contributed by atoms with E-state index in [0.29, 0.717) is 143 Å². The highest BCUT2D eigenvalue weighted by atomic mass is 79.9. The zero-order valence-electron chi connectivity index (χ0n) is 39.1. The first kappa shape index (κ1) is 61.9. The van der Waals surface area contributed by atoms with Crippen LogP contribution in [0.15, 0.2) is 0 Å². The van der Waals surface area contributed by atoms with E-state index >= 15 is 0 Å². The Morgan fingerprint density at radius 1 is 0.391 bits per heavy atom. The molecule has 0 rings (SSSR count). The van der Waals surface area contributed by atoms with Gasteiger partial charge in [0.15, 0.2) is 0 Å². The number of unbranched alkanes of at least 4 members (excludes halogenated alkanes) is 14. The Balaban J connectivity index is 3.45. The summed E-state index contributed by atoms with van der Waals surface area (Å²) in [5.74, 6) is -2.24. The number of alkyl halides is 1. The molecule has 1 unspecified atom stereocenters. The number of nitrogens with one attached hydrogen (secondary N) is 1. The molecule has 3 N–H and O–H groups in total. The summed E-state index contributed by atoms with van der Waals surface area (Å²) >= 11 is 3.14. The molecule has 0 aromatic rings. The number of hydrogen-bond acceptors (Lipinski definition) is 13. The molecule has 0 aromatic carbocycles. The van der Waals surface area contributed by atoms with Crippen LogP contribution >= 0.6 is 15.9 Å². The van der Waals surface area contributed by atoms with E-state index in [1.54, 1.807) is 0 Å². The van der Waals surface area contributed by atoms with Crippen molar-refractivity contribution in [2.45, 2.75) is 148 Å². The molecule has 0 aliphatic rings. The van der Waals surface area contributed by atoms with E-state index in [4.69, 9.17) is 43.0 Å². The van der Waals surface area contributed by atoms with Gasteiger partial charge in [0.05, 0.1) is 110 Å². The molecule has 0 aliphatic carbocycles. The minimum absolute atomic E-state index is 0.0202. The SMILES string of the molecule is O=C(O)CCCCCCCCCCCCCCCCC(=O)CC(CCCCNC(=O)CCOCCOCCOCCOCCOCCOCCOCCOCCCC(=O)CBr)C(=O)O. The van der Waals surface area contributed by atoms with Gasteiger partial charge in [-0.15, -0.1) is 0 Å². The largest absolute Gasteiger partial charge is 0.481 e. The average molecular weight is 985 g/mol. The van der Waals surface area contributed by atoms with Crippen molar-refractivity contribution < 1.29 is 72.1 Å². The molecule has 376 valence electrons. The van der Waals surface area contributed by atoms with Gasteiger partial charge < -0.3 is 53.4 Å². The lowest BCUT2D eigenvalue weighted by Crippen LogP contribution is -2.26. The third-order valence-electron chi connectivity index (χ3n) is 10.2. The summed E-state index contributed by atoms with van der Waals surface area (Å²) < 4.78 is 43.7. The quantitative estimate of drug-likeness (QED) is 0.0397. The highest BCUT2D eigenvalue weighted by Crippen LogP contribution is 2.17. The van der Waals surface area contributed by atoms with E-state index in [2.05, 4.69) is 21.2 Å². The predicted molar refractivity (Wildman–Crippen MR) is 248 cm³/mol. The zero-order chi connectivity index (χ0) is 46.8. The van der Waals surface area contributed by atoms with Gasteiger partial charge in [-0.25, -0.2) is 0 Å². The molecular formula is C47H86BrNO15. The molecule has 0 fully saturated rings. The second-order valence-electron chi connectivity index (χ2n) is 15.9. The van der Waals surface area contributed by atoms with Crippen LogP contribution in [-0.4, -0.2) is 157 Å². The Labute approximate surface area is 392 Å². The number of carboxylic acids is 2. The van der Waals surface area contributed by atoms with E-state index in [1.807, 2.05) is 0 Å². The smallest absolute Gasteiger partial charge is 0.306 e. The molecule has 64 heavy (non-hydrogen) atoms. The van der Waals surface area contributed by atoms with Crippen molar-refractivity contribution in [2.24, 2.45) is 5.92 Å². The Morgan fingerprint density at radius 2 is 0.750 bits per heavy atom. The first-order chi connectivity index (χ1) is 31.3. The van der Waals surface area contributed by atoms with Crippen LogP contribution in [0.25, 0.3) is 0 Å². The summed E-state index contributed by atoms with van der Waals surface area (Å²) in [7, 11) is 0. The maximum atomic E-state index is 12.5. The zero-order valence-corrected chi connectivity index (χ0v) is 40.7. The number of carbonyl (C=O) groups is 5. The lowest BCUT2D eigenvalue weighted by Gasteiger charge is -2.12. The van der Waals surface area contributed by atoms with Crippen LogP contribution in [0, 0.1) is 5.92 Å². The first-order valence-corrected chi connectivity index (χ1v) is 25.3. The molecule has 1 amide bonds. The summed E-state index contributed by atoms with van der Waals surface area (Å²) in [6.45, 7) is 7.66. The monoisotopic (exact) mass is 984 g/mol. The Kier molecular flexibility index (Phi) is 48.7. The van der Waals surface area contributed by atoms with Crippen LogP contribution in [0.3, 0.4) is 0 Å². The molecule has 16 nitrogen and oxygen atoms in total. The summed E-state index contributed by atoms with van der Waals surface area (Å²) in [5.41, 5.74) is 0. The molecule has 0 saturated heterocycles. The summed E-state index contributed by atoms with van der Waals surface area (Å²) in [4.78, 5) is 58.0. The van der Waals surface area contributed by atoms with E-state index in [-0.39, 0.29) is 43.3 Å². The minimum atomic E-state index is -0.935. The fraction of sp³-hybridized carbons (Fsp3) is 0.894. The minimum Gasteiger partial charge on any atom is -0.481 e. The van der Waals surface area contributed by atoms with Crippen LogP contribution in [0.2, 0.25) is 0 Å². The van der Waals surface area contributed by atoms with Crippen molar-refractivity contribution in [3.63, 3.8) is 0 Å². The second-order valence-corrected chi connectivity index (χ2v) is 16.5. The summed E-state index contributed by atoms with van der Waals surface area (Å²) in [5, 5.41) is 21.5. The topological polar surface area (TPSA) is 212 Å². The van der Waals surface area contributed by atoms with Crippen molar-refractivity contribution in [1.29, 1.82) is 0 Å². The van der Waals surface area contributed by atoms with Crippen molar-refractivity contribution >= 4 is 45.3 Å². The molecule has 0 bridgehead atoms. The van der Waals surface area contributed by atoms with Gasteiger partial charge in [-0.05, 0) is 32.1 Å². The molecule has 1 atom stereocenters. The van der Waals surface area contributed by atoms with Crippen LogP contribution in [0.5, 0.6) is 0 Å². The number of ketones is 2.